The number of ether oxygens (including phenoxy) is 1. The Labute approximate surface area is 213 Å². The third-order valence-corrected chi connectivity index (χ3v) is 7.54. The molecule has 0 bridgehead atoms. The normalized spacial score (nSPS) is 22.3. The van der Waals surface area contributed by atoms with Crippen molar-refractivity contribution in [2.75, 3.05) is 0 Å². The molecule has 0 saturated heterocycles. The number of rotatable bonds is 6. The number of hydrogen-bond acceptors (Lipinski definition) is 1. The molecule has 0 heterocycles. The van der Waals surface area contributed by atoms with Crippen molar-refractivity contribution < 1.29 is 31.1 Å². The lowest BCUT2D eigenvalue weighted by Gasteiger charge is -2.32. The number of allylic oxidation sites excluding steroid dienone is 1. The van der Waals surface area contributed by atoms with Gasteiger partial charge >= 0.3 is 6.11 Å². The van der Waals surface area contributed by atoms with Gasteiger partial charge in [0.1, 0.15) is 0 Å². The number of halogens is 6. The van der Waals surface area contributed by atoms with Crippen molar-refractivity contribution in [3.63, 3.8) is 0 Å². The van der Waals surface area contributed by atoms with Gasteiger partial charge in [-0.05, 0) is 75.8 Å². The Morgan fingerprint density at radius 2 is 1.51 bits per heavy atom. The molecule has 0 amide bonds. The molecule has 1 unspecified atom stereocenters. The lowest BCUT2D eigenvalue weighted by Crippen LogP contribution is -2.29. The summed E-state index contributed by atoms with van der Waals surface area (Å²) in [5, 5.41) is 0. The summed E-state index contributed by atoms with van der Waals surface area (Å²) >= 11 is 0. The molecule has 0 N–H and O–H groups in total. The average molecular weight is 521 g/mol. The predicted molar refractivity (Wildman–Crippen MR) is 131 cm³/mol. The van der Waals surface area contributed by atoms with Crippen LogP contribution in [0.2, 0.25) is 0 Å². The van der Waals surface area contributed by atoms with Gasteiger partial charge in [0.2, 0.25) is 0 Å². The summed E-state index contributed by atoms with van der Waals surface area (Å²) in [7, 11) is 0. The minimum absolute atomic E-state index is 0.0712. The number of hydrogen-bond donors (Lipinski definition) is 0. The van der Waals surface area contributed by atoms with Gasteiger partial charge in [-0.25, -0.2) is 17.6 Å². The number of aryl methyl sites for hydroxylation is 1. The first kappa shape index (κ1) is 27.3. The molecule has 0 aliphatic heterocycles. The third kappa shape index (κ3) is 5.75. The predicted octanol–water partition coefficient (Wildman–Crippen LogP) is 8.85. The van der Waals surface area contributed by atoms with Crippen LogP contribution in [-0.2, 0) is 17.3 Å². The zero-order chi connectivity index (χ0) is 26.7. The Balaban J connectivity index is 1.46. The Morgan fingerprint density at radius 3 is 2.11 bits per heavy atom. The van der Waals surface area contributed by atoms with Gasteiger partial charge in [0.25, 0.3) is 0 Å². The molecular weight excluding hydrogens is 490 g/mol. The van der Waals surface area contributed by atoms with Gasteiger partial charge in [-0.1, -0.05) is 36.8 Å². The maximum Gasteiger partial charge on any atom is 0.386 e. The zero-order valence-corrected chi connectivity index (χ0v) is 21.0. The molecule has 0 spiro atoms. The highest BCUT2D eigenvalue weighted by Gasteiger charge is 2.41. The Morgan fingerprint density at radius 1 is 0.865 bits per heavy atom. The van der Waals surface area contributed by atoms with Gasteiger partial charge in [-0.3, -0.25) is 0 Å². The van der Waals surface area contributed by atoms with Gasteiger partial charge in [-0.2, -0.15) is 8.78 Å². The molecule has 1 nitrogen and oxygen atoms in total. The molecule has 0 radical (unpaired) electrons. The van der Waals surface area contributed by atoms with Crippen LogP contribution in [0, 0.1) is 46.9 Å². The van der Waals surface area contributed by atoms with E-state index in [0.29, 0.717) is 30.7 Å². The van der Waals surface area contributed by atoms with Crippen molar-refractivity contribution >= 4 is 0 Å². The van der Waals surface area contributed by atoms with Crippen molar-refractivity contribution in [2.45, 2.75) is 77.4 Å². The topological polar surface area (TPSA) is 9.23 Å². The molecule has 2 aliphatic carbocycles. The second-order valence-corrected chi connectivity index (χ2v) is 9.80. The first-order valence-corrected chi connectivity index (χ1v) is 12.8. The van der Waals surface area contributed by atoms with Gasteiger partial charge in [0.15, 0.2) is 23.3 Å². The molecule has 37 heavy (non-hydrogen) atoms. The monoisotopic (exact) mass is 520 g/mol. The van der Waals surface area contributed by atoms with Crippen LogP contribution in [0.15, 0.2) is 35.9 Å². The summed E-state index contributed by atoms with van der Waals surface area (Å²) in [5.74, 6) is 0.974. The lowest BCUT2D eigenvalue weighted by atomic mass is 9.76. The van der Waals surface area contributed by atoms with E-state index in [2.05, 4.69) is 11.8 Å². The van der Waals surface area contributed by atoms with Crippen LogP contribution in [0.4, 0.5) is 26.3 Å². The first-order valence-electron chi connectivity index (χ1n) is 12.8. The van der Waals surface area contributed by atoms with Gasteiger partial charge < -0.3 is 4.74 Å². The first-order chi connectivity index (χ1) is 17.7. The molecule has 198 valence electrons. The quantitative estimate of drug-likeness (QED) is 0.210. The van der Waals surface area contributed by atoms with Gasteiger partial charge in [0, 0.05) is 17.0 Å². The van der Waals surface area contributed by atoms with Crippen LogP contribution >= 0.6 is 0 Å². The highest BCUT2D eigenvalue weighted by molar-refractivity contribution is 5.66. The molecule has 2 aliphatic rings. The van der Waals surface area contributed by atoms with Crippen molar-refractivity contribution in [1.29, 1.82) is 0 Å². The highest BCUT2D eigenvalue weighted by Crippen LogP contribution is 2.41. The van der Waals surface area contributed by atoms with E-state index < -0.39 is 52.2 Å². The summed E-state index contributed by atoms with van der Waals surface area (Å²) in [5.41, 5.74) is -1.13. The molecule has 1 atom stereocenters. The molecule has 1 saturated carbocycles. The standard InChI is InChI=1S/C30H30F6O/c1-3-5-18-6-8-20(9-7-18)21-10-13-22(14-11-21)37-30(35,36)25-17-16-24(28(33)29(25)34)23-15-12-19(4-2)26(31)27(23)32/h10,12,15-18,20,22H,4,6-9,11,13-14H2,1-2H3. The van der Waals surface area contributed by atoms with Crippen molar-refractivity contribution in [3.05, 3.63) is 70.3 Å². The minimum atomic E-state index is -4.09. The van der Waals surface area contributed by atoms with Crippen LogP contribution in [0.3, 0.4) is 0 Å². The van der Waals surface area contributed by atoms with Crippen LogP contribution in [0.1, 0.15) is 69.9 Å². The van der Waals surface area contributed by atoms with E-state index in [1.54, 1.807) is 6.92 Å². The van der Waals surface area contributed by atoms with E-state index in [-0.39, 0.29) is 18.4 Å². The molecule has 7 heteroatoms. The lowest BCUT2D eigenvalue weighted by molar-refractivity contribution is -0.275. The second kappa shape index (κ2) is 11.3. The second-order valence-electron chi connectivity index (χ2n) is 9.80. The molecule has 2 aromatic carbocycles. The van der Waals surface area contributed by atoms with Crippen molar-refractivity contribution in [2.24, 2.45) is 11.8 Å². The van der Waals surface area contributed by atoms with Crippen LogP contribution in [-0.4, -0.2) is 6.10 Å². The summed E-state index contributed by atoms with van der Waals surface area (Å²) in [6.45, 7) is 3.46. The molecule has 4 rings (SSSR count). The average Bonchev–Trinajstić information content (AvgIpc) is 2.88. The number of benzene rings is 2. The largest absolute Gasteiger partial charge is 0.386 e. The SMILES string of the molecule is CC#CC1CCC(C2=CCC(OC(F)(F)c3ccc(-c4ccc(CC)c(F)c4F)c(F)c3F)CC2)CC1. The summed E-state index contributed by atoms with van der Waals surface area (Å²) in [6.07, 6.45) is 2.54. The zero-order valence-electron chi connectivity index (χ0n) is 21.0. The maximum atomic E-state index is 14.9. The van der Waals surface area contributed by atoms with Crippen LogP contribution in [0.25, 0.3) is 11.1 Å². The van der Waals surface area contributed by atoms with Crippen molar-refractivity contribution in [3.8, 4) is 23.0 Å². The molecule has 0 aromatic heterocycles. The smallest absolute Gasteiger partial charge is 0.313 e. The maximum absolute atomic E-state index is 14.9. The fourth-order valence-electron chi connectivity index (χ4n) is 5.45. The van der Waals surface area contributed by atoms with Crippen LogP contribution < -0.4 is 0 Å². The van der Waals surface area contributed by atoms with E-state index in [1.807, 2.05) is 13.0 Å². The third-order valence-electron chi connectivity index (χ3n) is 7.54. The van der Waals surface area contributed by atoms with E-state index >= 15 is 0 Å². The van der Waals surface area contributed by atoms with E-state index in [4.69, 9.17) is 4.74 Å². The van der Waals surface area contributed by atoms with E-state index in [0.717, 1.165) is 37.8 Å². The molecule has 2 aromatic rings. The Kier molecular flexibility index (Phi) is 8.38. The van der Waals surface area contributed by atoms with Crippen molar-refractivity contribution in [1.82, 2.24) is 0 Å². The summed E-state index contributed by atoms with van der Waals surface area (Å²) in [6, 6.07) is 3.86. The van der Waals surface area contributed by atoms with Gasteiger partial charge in [-0.15, -0.1) is 11.8 Å². The summed E-state index contributed by atoms with van der Waals surface area (Å²) in [4.78, 5) is 0. The van der Waals surface area contributed by atoms with E-state index in [9.17, 15) is 26.3 Å². The minimum Gasteiger partial charge on any atom is -0.313 e. The molecular formula is C30H30F6O. The fraction of sp³-hybridized carbons (Fsp3) is 0.467. The fourth-order valence-corrected chi connectivity index (χ4v) is 5.45. The molecule has 1 fully saturated rings. The van der Waals surface area contributed by atoms with Crippen LogP contribution in [0.5, 0.6) is 0 Å². The number of alkyl halides is 2. The summed E-state index contributed by atoms with van der Waals surface area (Å²) < 4.78 is 93.1. The Bertz CT molecular complexity index is 1230. The van der Waals surface area contributed by atoms with E-state index in [1.165, 1.54) is 11.6 Å². The Hall–Kier alpha value is -2.72. The van der Waals surface area contributed by atoms with Gasteiger partial charge in [0.05, 0.1) is 11.7 Å². The highest BCUT2D eigenvalue weighted by atomic mass is 19.3.